The Labute approximate surface area is 121 Å². The Hall–Kier alpha value is -2.08. The third kappa shape index (κ3) is 3.52. The molecule has 6 heteroatoms. The third-order valence-corrected chi connectivity index (χ3v) is 3.29. The molecule has 112 valence electrons. The van der Waals surface area contributed by atoms with Crippen LogP contribution in [0.2, 0.25) is 0 Å². The van der Waals surface area contributed by atoms with Gasteiger partial charge in [-0.1, -0.05) is 6.58 Å². The first-order chi connectivity index (χ1) is 10.0. The van der Waals surface area contributed by atoms with Crippen molar-refractivity contribution in [1.82, 2.24) is 5.01 Å². The molecule has 1 heterocycles. The second kappa shape index (κ2) is 6.58. The van der Waals surface area contributed by atoms with Crippen molar-refractivity contribution in [3.63, 3.8) is 0 Å². The molecule has 2 rings (SSSR count). The van der Waals surface area contributed by atoms with E-state index >= 15 is 0 Å². The molecule has 1 atom stereocenters. The molecule has 1 amide bonds. The van der Waals surface area contributed by atoms with Gasteiger partial charge in [0.25, 0.3) is 5.91 Å². The molecule has 1 aromatic rings. The summed E-state index contributed by atoms with van der Waals surface area (Å²) in [6.45, 7) is 4.20. The molecule has 0 spiro atoms. The zero-order valence-corrected chi connectivity index (χ0v) is 11.6. The van der Waals surface area contributed by atoms with Crippen LogP contribution >= 0.6 is 0 Å². The summed E-state index contributed by atoms with van der Waals surface area (Å²) in [4.78, 5) is 12.3. The molecule has 0 radical (unpaired) electrons. The number of benzene rings is 1. The van der Waals surface area contributed by atoms with E-state index in [1.54, 1.807) is 6.21 Å². The number of rotatable bonds is 5. The van der Waals surface area contributed by atoms with Crippen LogP contribution in [0.3, 0.4) is 0 Å². The number of hydrazone groups is 1. The first-order valence-corrected chi connectivity index (χ1v) is 6.72. The summed E-state index contributed by atoms with van der Waals surface area (Å²) in [6, 6.07) is 2.72. The van der Waals surface area contributed by atoms with Crippen LogP contribution < -0.4 is 5.73 Å². The number of amides is 1. The van der Waals surface area contributed by atoms with Crippen molar-refractivity contribution in [1.29, 1.82) is 0 Å². The Morgan fingerprint density at radius 2 is 2.05 bits per heavy atom. The quantitative estimate of drug-likeness (QED) is 0.848. The van der Waals surface area contributed by atoms with Gasteiger partial charge in [0, 0.05) is 24.3 Å². The lowest BCUT2D eigenvalue weighted by Crippen LogP contribution is -2.28. The van der Waals surface area contributed by atoms with Gasteiger partial charge in [-0.05, 0) is 37.1 Å². The number of nitrogens with zero attached hydrogens (tertiary/aromatic N) is 2. The topological polar surface area (TPSA) is 58.7 Å². The van der Waals surface area contributed by atoms with Gasteiger partial charge in [0.05, 0.1) is 6.04 Å². The Balaban J connectivity index is 2.17. The maximum absolute atomic E-state index is 13.3. The molecule has 0 saturated carbocycles. The fourth-order valence-corrected chi connectivity index (χ4v) is 2.24. The van der Waals surface area contributed by atoms with E-state index in [1.807, 2.05) is 0 Å². The molecule has 0 saturated heterocycles. The summed E-state index contributed by atoms with van der Waals surface area (Å²) in [6.07, 6.45) is 3.10. The largest absolute Gasteiger partial charge is 0.330 e. The highest BCUT2D eigenvalue weighted by Crippen LogP contribution is 2.30. The molecule has 0 bridgehead atoms. The van der Waals surface area contributed by atoms with Crippen molar-refractivity contribution in [3.8, 4) is 0 Å². The zero-order chi connectivity index (χ0) is 15.4. The van der Waals surface area contributed by atoms with Gasteiger partial charge < -0.3 is 5.73 Å². The van der Waals surface area contributed by atoms with Crippen LogP contribution in [0.25, 0.3) is 0 Å². The Kier molecular flexibility index (Phi) is 4.80. The Bertz CT molecular complexity index is 566. The van der Waals surface area contributed by atoms with E-state index in [2.05, 4.69) is 11.7 Å². The molecule has 0 fully saturated rings. The van der Waals surface area contributed by atoms with E-state index < -0.39 is 17.7 Å². The van der Waals surface area contributed by atoms with E-state index in [0.29, 0.717) is 36.9 Å². The fraction of sp³-hybridized carbons (Fsp3) is 0.333. The van der Waals surface area contributed by atoms with Gasteiger partial charge in [0.1, 0.15) is 11.6 Å². The summed E-state index contributed by atoms with van der Waals surface area (Å²) >= 11 is 0. The van der Waals surface area contributed by atoms with Gasteiger partial charge in [0.15, 0.2) is 0 Å². The smallest absolute Gasteiger partial charge is 0.269 e. The SMILES string of the molecule is C=C(CCCN)C(=O)N1N=CCC1c1cc(F)cc(F)c1. The molecule has 0 aliphatic carbocycles. The van der Waals surface area contributed by atoms with Crippen molar-refractivity contribution in [2.45, 2.75) is 25.3 Å². The van der Waals surface area contributed by atoms with Gasteiger partial charge in [-0.3, -0.25) is 4.79 Å². The van der Waals surface area contributed by atoms with Crippen molar-refractivity contribution in [2.24, 2.45) is 10.8 Å². The number of carbonyl (C=O) groups excluding carboxylic acids is 1. The second-order valence-electron chi connectivity index (χ2n) is 4.90. The summed E-state index contributed by atoms with van der Waals surface area (Å²) < 4.78 is 26.6. The van der Waals surface area contributed by atoms with Crippen LogP contribution in [0.5, 0.6) is 0 Å². The van der Waals surface area contributed by atoms with Crippen LogP contribution in [-0.2, 0) is 4.79 Å². The molecule has 1 unspecified atom stereocenters. The predicted molar refractivity (Wildman–Crippen MR) is 76.5 cm³/mol. The van der Waals surface area contributed by atoms with Crippen molar-refractivity contribution in [2.75, 3.05) is 6.54 Å². The molecule has 21 heavy (non-hydrogen) atoms. The molecule has 1 aliphatic rings. The lowest BCUT2D eigenvalue weighted by Gasteiger charge is -2.23. The molecule has 4 nitrogen and oxygen atoms in total. The van der Waals surface area contributed by atoms with Crippen LogP contribution in [0.15, 0.2) is 35.5 Å². The van der Waals surface area contributed by atoms with Crippen molar-refractivity contribution >= 4 is 12.1 Å². The normalized spacial score (nSPS) is 17.3. The molecule has 1 aliphatic heterocycles. The van der Waals surface area contributed by atoms with Gasteiger partial charge in [-0.25, -0.2) is 13.8 Å². The molecular weight excluding hydrogens is 276 g/mol. The first-order valence-electron chi connectivity index (χ1n) is 6.72. The van der Waals surface area contributed by atoms with Gasteiger partial charge in [-0.2, -0.15) is 5.10 Å². The van der Waals surface area contributed by atoms with Crippen molar-refractivity contribution < 1.29 is 13.6 Å². The number of hydrogen-bond acceptors (Lipinski definition) is 3. The van der Waals surface area contributed by atoms with Crippen molar-refractivity contribution in [3.05, 3.63) is 47.5 Å². The van der Waals surface area contributed by atoms with E-state index in [-0.39, 0.29) is 5.91 Å². The van der Waals surface area contributed by atoms with Gasteiger partial charge >= 0.3 is 0 Å². The summed E-state index contributed by atoms with van der Waals surface area (Å²) in [5.74, 6) is -1.69. The Morgan fingerprint density at radius 1 is 1.38 bits per heavy atom. The van der Waals surface area contributed by atoms with E-state index in [9.17, 15) is 13.6 Å². The molecule has 2 N–H and O–H groups in total. The maximum atomic E-state index is 13.3. The van der Waals surface area contributed by atoms with Gasteiger partial charge in [-0.15, -0.1) is 0 Å². The number of hydrogen-bond donors (Lipinski definition) is 1. The second-order valence-corrected chi connectivity index (χ2v) is 4.90. The molecular formula is C15H17F2N3O. The van der Waals surface area contributed by atoms with Gasteiger partial charge in [0.2, 0.25) is 0 Å². The monoisotopic (exact) mass is 293 g/mol. The average Bonchev–Trinajstić information content (AvgIpc) is 2.92. The molecule has 0 aromatic heterocycles. The highest BCUT2D eigenvalue weighted by molar-refractivity contribution is 5.94. The van der Waals surface area contributed by atoms with Crippen LogP contribution in [0, 0.1) is 11.6 Å². The van der Waals surface area contributed by atoms with Crippen LogP contribution in [-0.4, -0.2) is 23.7 Å². The van der Waals surface area contributed by atoms with Crippen LogP contribution in [0.1, 0.15) is 30.9 Å². The van der Waals surface area contributed by atoms with E-state index in [1.165, 1.54) is 17.1 Å². The number of nitrogens with two attached hydrogens (primary N) is 1. The highest BCUT2D eigenvalue weighted by Gasteiger charge is 2.29. The first kappa shape index (κ1) is 15.3. The van der Waals surface area contributed by atoms with E-state index in [0.717, 1.165) is 6.07 Å². The van der Waals surface area contributed by atoms with Crippen LogP contribution in [0.4, 0.5) is 8.78 Å². The lowest BCUT2D eigenvalue weighted by molar-refractivity contribution is -0.129. The Morgan fingerprint density at radius 3 is 2.67 bits per heavy atom. The fourth-order valence-electron chi connectivity index (χ4n) is 2.24. The highest BCUT2D eigenvalue weighted by atomic mass is 19.1. The minimum atomic E-state index is -0.675. The number of carbonyl (C=O) groups is 1. The predicted octanol–water partition coefficient (Wildman–Crippen LogP) is 2.52. The third-order valence-electron chi connectivity index (χ3n) is 3.29. The average molecular weight is 293 g/mol. The summed E-state index contributed by atoms with van der Waals surface area (Å²) in [5, 5.41) is 5.23. The maximum Gasteiger partial charge on any atom is 0.269 e. The lowest BCUT2D eigenvalue weighted by atomic mass is 10.0. The summed E-state index contributed by atoms with van der Waals surface area (Å²) in [7, 11) is 0. The van der Waals surface area contributed by atoms with E-state index in [4.69, 9.17) is 5.73 Å². The minimum absolute atomic E-state index is 0.341. The minimum Gasteiger partial charge on any atom is -0.330 e. The summed E-state index contributed by atoms with van der Waals surface area (Å²) in [5.41, 5.74) is 6.17. The molecule has 1 aromatic carbocycles. The zero-order valence-electron chi connectivity index (χ0n) is 11.6. The standard InChI is InChI=1S/C15H17F2N3O/c1-10(3-2-5-18)15(21)20-14(4-6-19-20)11-7-12(16)9-13(17)8-11/h6-9,14H,1-5,18H2. The number of halogens is 2.